The van der Waals surface area contributed by atoms with E-state index in [1.807, 2.05) is 0 Å². The fourth-order valence-corrected chi connectivity index (χ4v) is 1.74. The van der Waals surface area contributed by atoms with Gasteiger partial charge in [-0.25, -0.2) is 9.97 Å². The van der Waals surface area contributed by atoms with E-state index in [1.165, 1.54) is 17.7 Å². The standard InChI is InChI=1S/C7H5N3OS/c8-7(11)5-1-4-6(12-5)2-9-3-10-4/h1-3H,(H2,8,11). The molecule has 2 aromatic rings. The maximum atomic E-state index is 10.8. The Morgan fingerprint density at radius 1 is 1.58 bits per heavy atom. The van der Waals surface area contributed by atoms with Gasteiger partial charge in [-0.15, -0.1) is 11.3 Å². The first-order valence-corrected chi connectivity index (χ1v) is 4.08. The Bertz CT molecular complexity index is 404. The van der Waals surface area contributed by atoms with Crippen molar-refractivity contribution >= 4 is 27.5 Å². The first-order valence-electron chi connectivity index (χ1n) is 3.27. The highest BCUT2D eigenvalue weighted by atomic mass is 32.1. The number of aromatic nitrogens is 2. The molecule has 2 aromatic heterocycles. The first-order chi connectivity index (χ1) is 5.77. The normalized spacial score (nSPS) is 10.3. The molecule has 0 saturated heterocycles. The van der Waals surface area contributed by atoms with E-state index in [1.54, 1.807) is 12.3 Å². The number of carbonyl (C=O) groups is 1. The van der Waals surface area contributed by atoms with Crippen molar-refractivity contribution in [3.05, 3.63) is 23.5 Å². The second-order valence-electron chi connectivity index (χ2n) is 2.25. The summed E-state index contributed by atoms with van der Waals surface area (Å²) in [6, 6.07) is 1.67. The summed E-state index contributed by atoms with van der Waals surface area (Å²) in [7, 11) is 0. The smallest absolute Gasteiger partial charge is 0.258 e. The number of hydrogen-bond acceptors (Lipinski definition) is 4. The van der Waals surface area contributed by atoms with Crippen LogP contribution in [0.2, 0.25) is 0 Å². The quantitative estimate of drug-likeness (QED) is 0.703. The summed E-state index contributed by atoms with van der Waals surface area (Å²) < 4.78 is 0.881. The molecule has 0 aliphatic rings. The molecular formula is C7H5N3OS. The van der Waals surface area contributed by atoms with E-state index in [4.69, 9.17) is 5.73 Å². The van der Waals surface area contributed by atoms with Crippen LogP contribution in [-0.4, -0.2) is 15.9 Å². The zero-order valence-corrected chi connectivity index (χ0v) is 6.84. The molecule has 0 radical (unpaired) electrons. The molecule has 0 aliphatic heterocycles. The zero-order chi connectivity index (χ0) is 8.55. The largest absolute Gasteiger partial charge is 0.365 e. The van der Waals surface area contributed by atoms with Gasteiger partial charge in [0.25, 0.3) is 5.91 Å². The Kier molecular flexibility index (Phi) is 1.51. The summed E-state index contributed by atoms with van der Waals surface area (Å²) in [5, 5.41) is 0. The first kappa shape index (κ1) is 7.17. The molecule has 2 N–H and O–H groups in total. The van der Waals surface area contributed by atoms with Crippen LogP contribution in [-0.2, 0) is 0 Å². The molecule has 12 heavy (non-hydrogen) atoms. The summed E-state index contributed by atoms with van der Waals surface area (Å²) in [6.45, 7) is 0. The molecule has 1 amide bonds. The van der Waals surface area contributed by atoms with E-state index < -0.39 is 5.91 Å². The number of thiophene rings is 1. The van der Waals surface area contributed by atoms with Gasteiger partial charge in [-0.2, -0.15) is 0 Å². The van der Waals surface area contributed by atoms with Crippen molar-refractivity contribution in [3.8, 4) is 0 Å². The summed E-state index contributed by atoms with van der Waals surface area (Å²) in [6.07, 6.45) is 3.11. The number of primary amides is 1. The molecule has 0 aromatic carbocycles. The minimum absolute atomic E-state index is 0.419. The predicted molar refractivity (Wildman–Crippen MR) is 45.9 cm³/mol. The highest BCUT2D eigenvalue weighted by molar-refractivity contribution is 7.20. The molecule has 4 nitrogen and oxygen atoms in total. The highest BCUT2D eigenvalue weighted by Crippen LogP contribution is 2.21. The van der Waals surface area contributed by atoms with Gasteiger partial charge in [0.1, 0.15) is 6.33 Å². The minimum atomic E-state index is -0.419. The molecule has 0 atom stereocenters. The van der Waals surface area contributed by atoms with Crippen LogP contribution < -0.4 is 5.73 Å². The average Bonchev–Trinajstić information content (AvgIpc) is 2.46. The molecule has 0 saturated carbocycles. The Morgan fingerprint density at radius 3 is 3.08 bits per heavy atom. The van der Waals surface area contributed by atoms with E-state index in [2.05, 4.69) is 9.97 Å². The van der Waals surface area contributed by atoms with Crippen molar-refractivity contribution in [2.75, 3.05) is 0 Å². The molecule has 0 fully saturated rings. The third-order valence-electron chi connectivity index (χ3n) is 1.44. The van der Waals surface area contributed by atoms with Crippen molar-refractivity contribution in [3.63, 3.8) is 0 Å². The van der Waals surface area contributed by atoms with Gasteiger partial charge in [-0.1, -0.05) is 0 Å². The molecule has 60 valence electrons. The molecule has 0 spiro atoms. The van der Waals surface area contributed by atoms with Gasteiger partial charge in [0.05, 0.1) is 15.1 Å². The van der Waals surface area contributed by atoms with Crippen molar-refractivity contribution in [1.29, 1.82) is 0 Å². The molecule has 2 heterocycles. The molecule has 0 bridgehead atoms. The Balaban J connectivity index is 2.70. The number of nitrogens with two attached hydrogens (primary N) is 1. The molecule has 0 unspecified atom stereocenters. The van der Waals surface area contributed by atoms with Crippen LogP contribution in [0, 0.1) is 0 Å². The van der Waals surface area contributed by atoms with Gasteiger partial charge in [0, 0.05) is 6.20 Å². The lowest BCUT2D eigenvalue weighted by atomic mass is 10.4. The lowest BCUT2D eigenvalue weighted by Gasteiger charge is -1.81. The molecule has 0 aliphatic carbocycles. The Hall–Kier alpha value is -1.49. The summed E-state index contributed by atoms with van der Waals surface area (Å²) in [5.41, 5.74) is 5.87. The SMILES string of the molecule is NC(=O)c1cc2ncncc2s1. The van der Waals surface area contributed by atoms with Gasteiger partial charge < -0.3 is 5.73 Å². The number of rotatable bonds is 1. The Morgan fingerprint density at radius 2 is 2.42 bits per heavy atom. The van der Waals surface area contributed by atoms with E-state index >= 15 is 0 Å². The van der Waals surface area contributed by atoms with Crippen LogP contribution in [0.1, 0.15) is 9.67 Å². The van der Waals surface area contributed by atoms with Crippen LogP contribution in [0.4, 0.5) is 0 Å². The van der Waals surface area contributed by atoms with Crippen molar-refractivity contribution in [2.45, 2.75) is 0 Å². The number of carbonyl (C=O) groups excluding carboxylic acids is 1. The van der Waals surface area contributed by atoms with Gasteiger partial charge >= 0.3 is 0 Å². The summed E-state index contributed by atoms with van der Waals surface area (Å²) in [4.78, 5) is 19.1. The summed E-state index contributed by atoms with van der Waals surface area (Å²) >= 11 is 1.31. The number of amides is 1. The number of nitrogens with zero attached hydrogens (tertiary/aromatic N) is 2. The highest BCUT2D eigenvalue weighted by Gasteiger charge is 2.06. The summed E-state index contributed by atoms with van der Waals surface area (Å²) in [5.74, 6) is -0.419. The van der Waals surface area contributed by atoms with Gasteiger partial charge in [0.15, 0.2) is 0 Å². The van der Waals surface area contributed by atoms with E-state index in [0.29, 0.717) is 4.88 Å². The van der Waals surface area contributed by atoms with Gasteiger partial charge in [-0.3, -0.25) is 4.79 Å². The van der Waals surface area contributed by atoms with Crippen molar-refractivity contribution in [1.82, 2.24) is 9.97 Å². The minimum Gasteiger partial charge on any atom is -0.365 e. The van der Waals surface area contributed by atoms with Gasteiger partial charge in [-0.05, 0) is 6.07 Å². The maximum Gasteiger partial charge on any atom is 0.258 e. The van der Waals surface area contributed by atoms with E-state index in [9.17, 15) is 4.79 Å². The van der Waals surface area contributed by atoms with Crippen LogP contribution in [0.15, 0.2) is 18.6 Å². The lowest BCUT2D eigenvalue weighted by Crippen LogP contribution is -2.08. The van der Waals surface area contributed by atoms with E-state index in [-0.39, 0.29) is 0 Å². The molecule has 5 heteroatoms. The van der Waals surface area contributed by atoms with Gasteiger partial charge in [0.2, 0.25) is 0 Å². The number of hydrogen-bond donors (Lipinski definition) is 1. The van der Waals surface area contributed by atoms with Crippen LogP contribution in [0.25, 0.3) is 10.2 Å². The average molecular weight is 179 g/mol. The topological polar surface area (TPSA) is 68.9 Å². The fourth-order valence-electron chi connectivity index (χ4n) is 0.907. The maximum absolute atomic E-state index is 10.8. The molecule has 2 rings (SSSR count). The van der Waals surface area contributed by atoms with Crippen LogP contribution >= 0.6 is 11.3 Å². The second-order valence-corrected chi connectivity index (χ2v) is 3.33. The van der Waals surface area contributed by atoms with E-state index in [0.717, 1.165) is 10.2 Å². The third-order valence-corrected chi connectivity index (χ3v) is 2.51. The van der Waals surface area contributed by atoms with Crippen molar-refractivity contribution < 1.29 is 4.79 Å². The lowest BCUT2D eigenvalue weighted by molar-refractivity contribution is 0.100. The predicted octanol–water partition coefficient (Wildman–Crippen LogP) is 0.790. The molecular weight excluding hydrogens is 174 g/mol. The number of fused-ring (bicyclic) bond motifs is 1. The van der Waals surface area contributed by atoms with Crippen LogP contribution in [0.5, 0.6) is 0 Å². The monoisotopic (exact) mass is 179 g/mol. The zero-order valence-electron chi connectivity index (χ0n) is 6.02. The van der Waals surface area contributed by atoms with Crippen LogP contribution in [0.3, 0.4) is 0 Å². The Labute approximate surface area is 72.1 Å². The third kappa shape index (κ3) is 1.04. The van der Waals surface area contributed by atoms with Crippen molar-refractivity contribution in [2.24, 2.45) is 5.73 Å². The fraction of sp³-hybridized carbons (Fsp3) is 0. The second kappa shape index (κ2) is 2.53.